The third kappa shape index (κ3) is 5.87. The molecule has 2 aromatic rings. The lowest BCUT2D eigenvalue weighted by Gasteiger charge is -2.28. The van der Waals surface area contributed by atoms with Gasteiger partial charge in [0.25, 0.3) is 0 Å². The van der Waals surface area contributed by atoms with Gasteiger partial charge in [-0.3, -0.25) is 0 Å². The number of halogens is 3. The Labute approximate surface area is 167 Å². The molecule has 0 bridgehead atoms. The molecule has 0 unspecified atom stereocenters. The predicted molar refractivity (Wildman–Crippen MR) is 110 cm³/mol. The molecule has 1 nitrogen and oxygen atoms in total. The molecule has 0 aromatic heterocycles. The lowest BCUT2D eigenvalue weighted by molar-refractivity contribution is -0.274. The molecule has 1 aliphatic rings. The van der Waals surface area contributed by atoms with Crippen molar-refractivity contribution >= 4 is 8.80 Å². The molecule has 0 amide bonds. The van der Waals surface area contributed by atoms with Crippen LogP contribution >= 0.6 is 0 Å². The highest BCUT2D eigenvalue weighted by Crippen LogP contribution is 2.40. The summed E-state index contributed by atoms with van der Waals surface area (Å²) in [6, 6.07) is 18.4. The SMILES string of the molecule is CCCCC[Si]1CCC(c2ccc(-c3ccccc3)c(OC(F)(F)F)c2)CC1. The molecule has 0 saturated carbocycles. The van der Waals surface area contributed by atoms with E-state index < -0.39 is 6.36 Å². The van der Waals surface area contributed by atoms with Gasteiger partial charge in [0.2, 0.25) is 0 Å². The molecular weight excluding hydrogens is 377 g/mol. The Morgan fingerprint density at radius 1 is 1.00 bits per heavy atom. The summed E-state index contributed by atoms with van der Waals surface area (Å²) < 4.78 is 43.4. The second kappa shape index (κ2) is 9.64. The molecule has 0 spiro atoms. The van der Waals surface area contributed by atoms with Crippen molar-refractivity contribution in [2.24, 2.45) is 0 Å². The molecule has 1 saturated heterocycles. The van der Waals surface area contributed by atoms with Crippen molar-refractivity contribution in [3.63, 3.8) is 0 Å². The Hall–Kier alpha value is -1.75. The predicted octanol–water partition coefficient (Wildman–Crippen LogP) is 7.81. The monoisotopic (exact) mass is 405 g/mol. The van der Waals surface area contributed by atoms with Crippen LogP contribution < -0.4 is 4.74 Å². The second-order valence-corrected chi connectivity index (χ2v) is 10.7. The van der Waals surface area contributed by atoms with Crippen LogP contribution in [-0.4, -0.2) is 15.2 Å². The summed E-state index contributed by atoms with van der Waals surface area (Å²) in [6.07, 6.45) is 1.41. The first-order valence-corrected chi connectivity index (χ1v) is 12.4. The van der Waals surface area contributed by atoms with Gasteiger partial charge in [0.1, 0.15) is 5.75 Å². The fraction of sp³-hybridized carbons (Fsp3) is 0.478. The summed E-state index contributed by atoms with van der Waals surface area (Å²) in [4.78, 5) is 0. The highest BCUT2D eigenvalue weighted by Gasteiger charge is 2.33. The summed E-state index contributed by atoms with van der Waals surface area (Å²) in [5.41, 5.74) is 2.20. The van der Waals surface area contributed by atoms with Gasteiger partial charge in [0.15, 0.2) is 0 Å². The molecule has 151 valence electrons. The molecule has 0 aliphatic carbocycles. The molecule has 1 heterocycles. The molecular formula is C23H28F3OSi. The van der Waals surface area contributed by atoms with E-state index in [1.807, 2.05) is 36.4 Å². The van der Waals surface area contributed by atoms with Gasteiger partial charge in [0.05, 0.1) is 0 Å². The number of unbranched alkanes of at least 4 members (excludes halogenated alkanes) is 2. The highest BCUT2D eigenvalue weighted by molar-refractivity contribution is 6.59. The first-order chi connectivity index (χ1) is 13.5. The van der Waals surface area contributed by atoms with Crippen molar-refractivity contribution in [1.82, 2.24) is 0 Å². The van der Waals surface area contributed by atoms with Crippen molar-refractivity contribution in [3.05, 3.63) is 54.1 Å². The van der Waals surface area contributed by atoms with Crippen molar-refractivity contribution in [3.8, 4) is 16.9 Å². The summed E-state index contributed by atoms with van der Waals surface area (Å²) in [6.45, 7) is 2.23. The lowest BCUT2D eigenvalue weighted by atomic mass is 9.91. The minimum absolute atomic E-state index is 0.0877. The zero-order chi connectivity index (χ0) is 20.0. The van der Waals surface area contributed by atoms with E-state index in [0.717, 1.165) is 24.0 Å². The van der Waals surface area contributed by atoms with Crippen molar-refractivity contribution in [2.45, 2.75) is 69.4 Å². The smallest absolute Gasteiger partial charge is 0.405 e. The first kappa shape index (κ1) is 21.0. The Kier molecular flexibility index (Phi) is 7.22. The fourth-order valence-electron chi connectivity index (χ4n) is 4.09. The minimum atomic E-state index is -4.69. The van der Waals surface area contributed by atoms with Crippen LogP contribution in [-0.2, 0) is 0 Å². The van der Waals surface area contributed by atoms with E-state index in [2.05, 4.69) is 11.7 Å². The van der Waals surface area contributed by atoms with Crippen molar-refractivity contribution < 1.29 is 17.9 Å². The van der Waals surface area contributed by atoms with Gasteiger partial charge in [-0.15, -0.1) is 13.2 Å². The number of rotatable bonds is 7. The van der Waals surface area contributed by atoms with Gasteiger partial charge >= 0.3 is 6.36 Å². The van der Waals surface area contributed by atoms with E-state index in [1.54, 1.807) is 12.1 Å². The molecule has 28 heavy (non-hydrogen) atoms. The largest absolute Gasteiger partial charge is 0.573 e. The van der Waals surface area contributed by atoms with Gasteiger partial charge in [0, 0.05) is 14.4 Å². The van der Waals surface area contributed by atoms with Crippen molar-refractivity contribution in [2.75, 3.05) is 0 Å². The molecule has 3 rings (SSSR count). The average Bonchev–Trinajstić information content (AvgIpc) is 2.68. The third-order valence-corrected chi connectivity index (χ3v) is 8.67. The lowest BCUT2D eigenvalue weighted by Crippen LogP contribution is -2.21. The van der Waals surface area contributed by atoms with Crippen LogP contribution in [0.5, 0.6) is 5.75 Å². The van der Waals surface area contributed by atoms with Gasteiger partial charge in [-0.25, -0.2) is 0 Å². The van der Waals surface area contributed by atoms with Gasteiger partial charge < -0.3 is 4.74 Å². The summed E-state index contributed by atoms with van der Waals surface area (Å²) in [5, 5.41) is 0. The highest BCUT2D eigenvalue weighted by atomic mass is 28.3. The molecule has 5 heteroatoms. The second-order valence-electron chi connectivity index (χ2n) is 7.65. The zero-order valence-electron chi connectivity index (χ0n) is 16.4. The van der Waals surface area contributed by atoms with Crippen LogP contribution in [0.15, 0.2) is 48.5 Å². The van der Waals surface area contributed by atoms with E-state index in [9.17, 15) is 13.2 Å². The van der Waals surface area contributed by atoms with Crippen molar-refractivity contribution in [1.29, 1.82) is 0 Å². The number of hydrogen-bond acceptors (Lipinski definition) is 1. The maximum absolute atomic E-state index is 13.0. The standard InChI is InChI=1S/C23H28F3OSi/c1-2-3-7-14-28-15-12-18(13-16-28)20-10-11-21(19-8-5-4-6-9-19)22(17-20)27-23(24,25)26/h4-6,8-11,17-18H,2-3,7,12-16H2,1H3. The van der Waals surface area contributed by atoms with E-state index >= 15 is 0 Å². The van der Waals surface area contributed by atoms with E-state index in [4.69, 9.17) is 0 Å². The van der Waals surface area contributed by atoms with Crippen LogP contribution in [0, 0.1) is 0 Å². The number of hydrogen-bond donors (Lipinski definition) is 0. The van der Waals surface area contributed by atoms with Gasteiger partial charge in [-0.1, -0.05) is 86.8 Å². The Bertz CT molecular complexity index is 737. The maximum Gasteiger partial charge on any atom is 0.573 e. The number of alkyl halides is 3. The Balaban J connectivity index is 1.75. The number of ether oxygens (including phenoxy) is 1. The topological polar surface area (TPSA) is 9.23 Å². The van der Waals surface area contributed by atoms with E-state index in [0.29, 0.717) is 11.5 Å². The molecule has 0 atom stereocenters. The normalized spacial score (nSPS) is 16.3. The van der Waals surface area contributed by atoms with Crippen LogP contribution in [0.25, 0.3) is 11.1 Å². The third-order valence-electron chi connectivity index (χ3n) is 5.61. The number of benzene rings is 2. The Morgan fingerprint density at radius 3 is 2.36 bits per heavy atom. The quantitative estimate of drug-likeness (QED) is 0.337. The summed E-state index contributed by atoms with van der Waals surface area (Å²) in [7, 11) is -0.260. The first-order valence-electron chi connectivity index (χ1n) is 10.2. The Morgan fingerprint density at radius 2 is 1.71 bits per heavy atom. The molecule has 0 N–H and O–H groups in total. The summed E-state index contributed by atoms with van der Waals surface area (Å²) in [5.74, 6) is 0.260. The van der Waals surface area contributed by atoms with Crippen LogP contribution in [0.3, 0.4) is 0 Å². The molecule has 1 radical (unpaired) electrons. The van der Waals surface area contributed by atoms with E-state index in [1.165, 1.54) is 37.4 Å². The summed E-state index contributed by atoms with van der Waals surface area (Å²) >= 11 is 0. The van der Waals surface area contributed by atoms with Crippen LogP contribution in [0.4, 0.5) is 13.2 Å². The van der Waals surface area contributed by atoms with Crippen LogP contribution in [0.2, 0.25) is 18.1 Å². The fourth-order valence-corrected chi connectivity index (χ4v) is 7.11. The van der Waals surface area contributed by atoms with Gasteiger partial charge in [-0.05, 0) is 36.0 Å². The average molecular weight is 406 g/mol. The molecule has 1 fully saturated rings. The molecule has 2 aromatic carbocycles. The zero-order valence-corrected chi connectivity index (χ0v) is 17.4. The van der Waals surface area contributed by atoms with Crippen LogP contribution in [0.1, 0.15) is 50.5 Å². The minimum Gasteiger partial charge on any atom is -0.405 e. The van der Waals surface area contributed by atoms with Gasteiger partial charge in [-0.2, -0.15) is 0 Å². The van der Waals surface area contributed by atoms with E-state index in [-0.39, 0.29) is 14.5 Å². The molecule has 1 aliphatic heterocycles. The maximum atomic E-state index is 13.0.